The molecule has 0 aromatic heterocycles. The van der Waals surface area contributed by atoms with E-state index in [0.717, 1.165) is 44.9 Å². The van der Waals surface area contributed by atoms with Crippen LogP contribution in [-0.4, -0.2) is 41.1 Å². The van der Waals surface area contributed by atoms with E-state index in [-0.39, 0.29) is 17.7 Å². The Morgan fingerprint density at radius 2 is 1.95 bits per heavy atom. The summed E-state index contributed by atoms with van der Waals surface area (Å²) in [5.74, 6) is 0.828. The third kappa shape index (κ3) is 2.53. The number of hydrogen-bond acceptors (Lipinski definition) is 3. The first-order valence-electron chi connectivity index (χ1n) is 8.86. The van der Waals surface area contributed by atoms with Crippen LogP contribution >= 0.6 is 0 Å². The lowest BCUT2D eigenvalue weighted by Gasteiger charge is -2.43. The summed E-state index contributed by atoms with van der Waals surface area (Å²) in [4.78, 5) is 27.3. The summed E-state index contributed by atoms with van der Waals surface area (Å²) in [5, 5.41) is 3.06. The van der Waals surface area contributed by atoms with E-state index in [9.17, 15) is 9.59 Å². The minimum absolute atomic E-state index is 0.00778. The van der Waals surface area contributed by atoms with Crippen molar-refractivity contribution in [2.24, 2.45) is 11.8 Å². The molecule has 4 aliphatic rings. The lowest BCUT2D eigenvalue weighted by molar-refractivity contribution is -0.164. The molecule has 0 radical (unpaired) electrons. The fraction of sp³-hybridized carbons (Fsp3) is 0.882. The highest BCUT2D eigenvalue weighted by molar-refractivity contribution is 5.90. The average Bonchev–Trinajstić information content (AvgIpc) is 3.37. The standard InChI is InChI=1S/C17H26N2O3/c1-11-3-2-8-17(9-11)19(16(21)12-4-5-12)14(10-22-17)15(20)18-13-6-7-13/h11-14H,2-10H2,1H3,(H,18,20)/t11-,14-,17+/m0/s1. The van der Waals surface area contributed by atoms with Crippen LogP contribution in [0, 0.1) is 11.8 Å². The molecule has 1 N–H and O–H groups in total. The molecule has 122 valence electrons. The summed E-state index contributed by atoms with van der Waals surface area (Å²) in [5.41, 5.74) is -0.511. The molecule has 22 heavy (non-hydrogen) atoms. The summed E-state index contributed by atoms with van der Waals surface area (Å²) in [6, 6.07) is -0.0915. The molecule has 1 heterocycles. The van der Waals surface area contributed by atoms with Gasteiger partial charge in [0.05, 0.1) is 6.61 Å². The lowest BCUT2D eigenvalue weighted by Crippen LogP contribution is -2.57. The third-order valence-corrected chi connectivity index (χ3v) is 5.58. The highest BCUT2D eigenvalue weighted by atomic mass is 16.5. The van der Waals surface area contributed by atoms with Crippen LogP contribution in [0.4, 0.5) is 0 Å². The third-order valence-electron chi connectivity index (χ3n) is 5.58. The molecule has 5 heteroatoms. The number of ether oxygens (including phenoxy) is 1. The van der Waals surface area contributed by atoms with Crippen LogP contribution in [0.2, 0.25) is 0 Å². The van der Waals surface area contributed by atoms with Crippen molar-refractivity contribution in [3.8, 4) is 0 Å². The lowest BCUT2D eigenvalue weighted by atomic mass is 9.83. The highest BCUT2D eigenvalue weighted by Crippen LogP contribution is 2.45. The van der Waals surface area contributed by atoms with Crippen molar-refractivity contribution in [1.82, 2.24) is 10.2 Å². The second kappa shape index (κ2) is 5.22. The first kappa shape index (κ1) is 14.5. The van der Waals surface area contributed by atoms with Crippen LogP contribution in [0.3, 0.4) is 0 Å². The number of amides is 2. The molecule has 4 rings (SSSR count). The minimum Gasteiger partial charge on any atom is -0.353 e. The summed E-state index contributed by atoms with van der Waals surface area (Å²) in [7, 11) is 0. The molecule has 3 saturated carbocycles. The van der Waals surface area contributed by atoms with E-state index >= 15 is 0 Å². The number of hydrogen-bond donors (Lipinski definition) is 1. The molecule has 2 amide bonds. The van der Waals surface area contributed by atoms with Gasteiger partial charge in [0.2, 0.25) is 11.8 Å². The van der Waals surface area contributed by atoms with Crippen LogP contribution < -0.4 is 5.32 Å². The summed E-state index contributed by atoms with van der Waals surface area (Å²) in [6.07, 6.45) is 8.09. The van der Waals surface area contributed by atoms with Gasteiger partial charge < -0.3 is 10.1 Å². The van der Waals surface area contributed by atoms with Gasteiger partial charge in [-0.1, -0.05) is 13.3 Å². The number of nitrogens with one attached hydrogen (secondary N) is 1. The van der Waals surface area contributed by atoms with Gasteiger partial charge in [-0.25, -0.2) is 0 Å². The van der Waals surface area contributed by atoms with Gasteiger partial charge in [-0.05, 0) is 50.9 Å². The minimum atomic E-state index is -0.511. The predicted molar refractivity (Wildman–Crippen MR) is 80.8 cm³/mol. The second-order valence-electron chi connectivity index (χ2n) is 7.74. The van der Waals surface area contributed by atoms with Crippen LogP contribution in [-0.2, 0) is 14.3 Å². The predicted octanol–water partition coefficient (Wildman–Crippen LogP) is 1.81. The molecule has 3 aliphatic carbocycles. The smallest absolute Gasteiger partial charge is 0.245 e. The van der Waals surface area contributed by atoms with E-state index in [1.165, 1.54) is 6.42 Å². The first-order valence-corrected chi connectivity index (χ1v) is 8.86. The van der Waals surface area contributed by atoms with Crippen molar-refractivity contribution in [3.05, 3.63) is 0 Å². The van der Waals surface area contributed by atoms with Gasteiger partial charge in [0.15, 0.2) is 0 Å². The van der Waals surface area contributed by atoms with Crippen molar-refractivity contribution in [1.29, 1.82) is 0 Å². The van der Waals surface area contributed by atoms with E-state index in [1.54, 1.807) is 0 Å². The zero-order valence-corrected chi connectivity index (χ0v) is 13.3. The molecular weight excluding hydrogens is 280 g/mol. The Morgan fingerprint density at radius 3 is 2.59 bits per heavy atom. The fourth-order valence-corrected chi connectivity index (χ4v) is 4.09. The first-order chi connectivity index (χ1) is 10.6. The van der Waals surface area contributed by atoms with Crippen molar-refractivity contribution in [3.63, 3.8) is 0 Å². The van der Waals surface area contributed by atoms with Gasteiger partial charge in [-0.3, -0.25) is 14.5 Å². The molecule has 1 saturated heterocycles. The van der Waals surface area contributed by atoms with Gasteiger partial charge in [0.1, 0.15) is 11.8 Å². The van der Waals surface area contributed by atoms with Gasteiger partial charge >= 0.3 is 0 Å². The van der Waals surface area contributed by atoms with Crippen molar-refractivity contribution in [2.45, 2.75) is 76.1 Å². The van der Waals surface area contributed by atoms with E-state index in [1.807, 2.05) is 4.90 Å². The Bertz CT molecular complexity index is 486. The van der Waals surface area contributed by atoms with Crippen LogP contribution in [0.15, 0.2) is 0 Å². The maximum atomic E-state index is 12.9. The molecule has 4 fully saturated rings. The molecule has 0 unspecified atom stereocenters. The fourth-order valence-electron chi connectivity index (χ4n) is 4.09. The molecule has 3 atom stereocenters. The molecule has 1 aliphatic heterocycles. The Kier molecular flexibility index (Phi) is 3.44. The normalized spacial score (nSPS) is 38.3. The summed E-state index contributed by atoms with van der Waals surface area (Å²) in [6.45, 7) is 2.59. The van der Waals surface area contributed by atoms with E-state index in [0.29, 0.717) is 18.6 Å². The molecule has 0 aromatic rings. The van der Waals surface area contributed by atoms with E-state index in [4.69, 9.17) is 4.74 Å². The van der Waals surface area contributed by atoms with Crippen LogP contribution in [0.5, 0.6) is 0 Å². The van der Waals surface area contributed by atoms with Gasteiger partial charge in [-0.2, -0.15) is 0 Å². The van der Waals surface area contributed by atoms with Gasteiger partial charge in [0, 0.05) is 12.0 Å². The Balaban J connectivity index is 1.58. The van der Waals surface area contributed by atoms with Crippen molar-refractivity contribution < 1.29 is 14.3 Å². The summed E-state index contributed by atoms with van der Waals surface area (Å²) < 4.78 is 6.14. The molecular formula is C17H26N2O3. The van der Waals surface area contributed by atoms with E-state index < -0.39 is 11.8 Å². The van der Waals surface area contributed by atoms with Gasteiger partial charge in [0.25, 0.3) is 0 Å². The largest absolute Gasteiger partial charge is 0.353 e. The summed E-state index contributed by atoms with van der Waals surface area (Å²) >= 11 is 0. The number of carbonyl (C=O) groups excluding carboxylic acids is 2. The maximum Gasteiger partial charge on any atom is 0.245 e. The molecule has 0 aromatic carbocycles. The number of nitrogens with zero attached hydrogens (tertiary/aromatic N) is 1. The zero-order valence-electron chi connectivity index (χ0n) is 13.3. The van der Waals surface area contributed by atoms with Crippen LogP contribution in [0.1, 0.15) is 58.3 Å². The molecule has 5 nitrogen and oxygen atoms in total. The monoisotopic (exact) mass is 306 g/mol. The van der Waals surface area contributed by atoms with Crippen molar-refractivity contribution >= 4 is 11.8 Å². The topological polar surface area (TPSA) is 58.6 Å². The van der Waals surface area contributed by atoms with Gasteiger partial charge in [-0.15, -0.1) is 0 Å². The highest BCUT2D eigenvalue weighted by Gasteiger charge is 2.56. The quantitative estimate of drug-likeness (QED) is 0.865. The number of rotatable bonds is 3. The van der Waals surface area contributed by atoms with E-state index in [2.05, 4.69) is 12.2 Å². The zero-order chi connectivity index (χ0) is 15.3. The Labute approximate surface area is 131 Å². The van der Waals surface area contributed by atoms with Crippen molar-refractivity contribution in [2.75, 3.05) is 6.61 Å². The maximum absolute atomic E-state index is 12.9. The molecule has 0 bridgehead atoms. The average molecular weight is 306 g/mol. The van der Waals surface area contributed by atoms with Crippen LogP contribution in [0.25, 0.3) is 0 Å². The number of carbonyl (C=O) groups is 2. The SMILES string of the molecule is C[C@H]1CCC[C@]2(C1)OC[C@@H](C(=O)NC1CC1)N2C(=O)C1CC1. The Morgan fingerprint density at radius 1 is 1.18 bits per heavy atom. The second-order valence-corrected chi connectivity index (χ2v) is 7.74. The Hall–Kier alpha value is -1.10. The molecule has 1 spiro atoms.